The molecule has 0 spiro atoms. The van der Waals surface area contributed by atoms with E-state index >= 15 is 0 Å². The van der Waals surface area contributed by atoms with E-state index in [0.29, 0.717) is 0 Å². The summed E-state index contributed by atoms with van der Waals surface area (Å²) in [7, 11) is 1.70. The molecule has 7 heteroatoms. The fraction of sp³-hybridized carbons (Fsp3) is 0.333. The highest BCUT2D eigenvalue weighted by Crippen LogP contribution is 2.34. The van der Waals surface area contributed by atoms with Crippen molar-refractivity contribution in [1.82, 2.24) is 9.97 Å². The predicted octanol–water partition coefficient (Wildman–Crippen LogP) is 4.86. The number of piperazine rings is 1. The molecule has 1 saturated heterocycles. The summed E-state index contributed by atoms with van der Waals surface area (Å²) >= 11 is 3.55. The third-order valence-corrected chi connectivity index (χ3v) is 7.56. The lowest BCUT2D eigenvalue weighted by Gasteiger charge is -2.34. The SMILES string of the molecule is COc1ccc2nc(N3CCN(c4nc5cc(C)cc(C)c5s4)CC3)sc2c1. The number of hydrogen-bond acceptors (Lipinski definition) is 7. The molecule has 1 aliphatic heterocycles. The number of hydrogen-bond donors (Lipinski definition) is 0. The molecule has 1 fully saturated rings. The Hall–Kier alpha value is -2.38. The first-order chi connectivity index (χ1) is 13.6. The third-order valence-electron chi connectivity index (χ3n) is 5.21. The van der Waals surface area contributed by atoms with Gasteiger partial charge in [-0.1, -0.05) is 28.7 Å². The Bertz CT molecular complexity index is 1160. The van der Waals surface area contributed by atoms with Crippen LogP contribution in [-0.4, -0.2) is 43.3 Å². The van der Waals surface area contributed by atoms with Gasteiger partial charge in [-0.3, -0.25) is 0 Å². The van der Waals surface area contributed by atoms with Crippen LogP contribution in [0, 0.1) is 13.8 Å². The van der Waals surface area contributed by atoms with Crippen LogP contribution in [-0.2, 0) is 0 Å². The number of aryl methyl sites for hydroxylation is 2. The van der Waals surface area contributed by atoms with Crippen molar-refractivity contribution < 1.29 is 4.74 Å². The number of thiazole rings is 2. The van der Waals surface area contributed by atoms with Crippen molar-refractivity contribution in [3.63, 3.8) is 0 Å². The highest BCUT2D eigenvalue weighted by Gasteiger charge is 2.22. The molecule has 0 radical (unpaired) electrons. The van der Waals surface area contributed by atoms with E-state index in [4.69, 9.17) is 14.7 Å². The molecule has 0 aliphatic carbocycles. The minimum atomic E-state index is 0.883. The van der Waals surface area contributed by atoms with E-state index in [-0.39, 0.29) is 0 Å². The Kier molecular flexibility index (Phi) is 4.36. The molecule has 0 atom stereocenters. The minimum Gasteiger partial charge on any atom is -0.497 e. The highest BCUT2D eigenvalue weighted by molar-refractivity contribution is 7.22. The molecular formula is C21H22N4OS2. The van der Waals surface area contributed by atoms with Gasteiger partial charge >= 0.3 is 0 Å². The Labute approximate surface area is 172 Å². The molecule has 3 heterocycles. The van der Waals surface area contributed by atoms with Gasteiger partial charge in [-0.25, -0.2) is 9.97 Å². The van der Waals surface area contributed by atoms with Crippen LogP contribution in [0.4, 0.5) is 10.3 Å². The van der Waals surface area contributed by atoms with Gasteiger partial charge in [0.1, 0.15) is 5.75 Å². The maximum absolute atomic E-state index is 5.33. The molecule has 0 saturated carbocycles. The zero-order valence-corrected chi connectivity index (χ0v) is 17.9. The van der Waals surface area contributed by atoms with Gasteiger partial charge < -0.3 is 14.5 Å². The Morgan fingerprint density at radius 3 is 2.25 bits per heavy atom. The molecule has 5 rings (SSSR count). The Morgan fingerprint density at radius 1 is 0.857 bits per heavy atom. The summed E-state index contributed by atoms with van der Waals surface area (Å²) in [5, 5.41) is 2.23. The quantitative estimate of drug-likeness (QED) is 0.483. The second-order valence-electron chi connectivity index (χ2n) is 7.23. The van der Waals surface area contributed by atoms with Gasteiger partial charge in [0, 0.05) is 26.2 Å². The maximum Gasteiger partial charge on any atom is 0.186 e. The molecule has 5 nitrogen and oxygen atoms in total. The van der Waals surface area contributed by atoms with Crippen molar-refractivity contribution in [2.24, 2.45) is 0 Å². The van der Waals surface area contributed by atoms with Gasteiger partial charge in [-0.15, -0.1) is 0 Å². The lowest BCUT2D eigenvalue weighted by atomic mass is 10.1. The maximum atomic E-state index is 5.33. The van der Waals surface area contributed by atoms with Crippen LogP contribution >= 0.6 is 22.7 Å². The molecule has 0 amide bonds. The summed E-state index contributed by atoms with van der Waals surface area (Å²) in [6, 6.07) is 10.5. The number of rotatable bonds is 3. The summed E-state index contributed by atoms with van der Waals surface area (Å²) in [5.74, 6) is 0.883. The van der Waals surface area contributed by atoms with E-state index in [1.807, 2.05) is 23.5 Å². The van der Waals surface area contributed by atoms with Crippen molar-refractivity contribution in [2.75, 3.05) is 43.1 Å². The van der Waals surface area contributed by atoms with Crippen molar-refractivity contribution >= 4 is 53.4 Å². The fourth-order valence-corrected chi connectivity index (χ4v) is 5.86. The van der Waals surface area contributed by atoms with Crippen LogP contribution in [0.15, 0.2) is 30.3 Å². The standard InChI is InChI=1S/C21H22N4OS2/c1-13-10-14(2)19-17(11-13)23-21(28-19)25-8-6-24(7-9-25)20-22-16-5-4-15(26-3)12-18(16)27-20/h4-5,10-12H,6-9H2,1-3H3. The summed E-state index contributed by atoms with van der Waals surface area (Å²) in [4.78, 5) is 14.5. The van der Waals surface area contributed by atoms with E-state index in [9.17, 15) is 0 Å². The van der Waals surface area contributed by atoms with E-state index < -0.39 is 0 Å². The lowest BCUT2D eigenvalue weighted by molar-refractivity contribution is 0.415. The molecule has 2 aromatic heterocycles. The van der Waals surface area contributed by atoms with Gasteiger partial charge in [0.05, 0.1) is 27.5 Å². The number of anilines is 2. The van der Waals surface area contributed by atoms with Crippen molar-refractivity contribution in [1.29, 1.82) is 0 Å². The molecular weight excluding hydrogens is 388 g/mol. The Balaban J connectivity index is 1.34. The van der Waals surface area contributed by atoms with Crippen LogP contribution in [0.5, 0.6) is 5.75 Å². The minimum absolute atomic E-state index is 0.883. The largest absolute Gasteiger partial charge is 0.497 e. The van der Waals surface area contributed by atoms with Crippen molar-refractivity contribution in [3.05, 3.63) is 41.5 Å². The monoisotopic (exact) mass is 410 g/mol. The molecule has 28 heavy (non-hydrogen) atoms. The van der Waals surface area contributed by atoms with E-state index in [2.05, 4.69) is 41.8 Å². The van der Waals surface area contributed by atoms with Crippen LogP contribution in [0.3, 0.4) is 0 Å². The second-order valence-corrected chi connectivity index (χ2v) is 9.22. The second kappa shape index (κ2) is 6.90. The van der Waals surface area contributed by atoms with E-state index in [1.54, 1.807) is 18.4 Å². The van der Waals surface area contributed by atoms with Crippen LogP contribution in [0.25, 0.3) is 20.4 Å². The molecule has 144 valence electrons. The summed E-state index contributed by atoms with van der Waals surface area (Å²) < 4.78 is 7.82. The highest BCUT2D eigenvalue weighted by atomic mass is 32.1. The number of benzene rings is 2. The Morgan fingerprint density at radius 2 is 1.54 bits per heavy atom. The fourth-order valence-electron chi connectivity index (χ4n) is 3.74. The number of nitrogens with zero attached hydrogens (tertiary/aromatic N) is 4. The summed E-state index contributed by atoms with van der Waals surface area (Å²) in [6.45, 7) is 8.18. The zero-order chi connectivity index (χ0) is 19.3. The number of ether oxygens (including phenoxy) is 1. The first kappa shape index (κ1) is 17.7. The molecule has 0 bridgehead atoms. The van der Waals surface area contributed by atoms with Crippen LogP contribution in [0.1, 0.15) is 11.1 Å². The smallest absolute Gasteiger partial charge is 0.186 e. The van der Waals surface area contributed by atoms with Crippen molar-refractivity contribution in [2.45, 2.75) is 13.8 Å². The lowest BCUT2D eigenvalue weighted by Crippen LogP contribution is -2.46. The van der Waals surface area contributed by atoms with Gasteiger partial charge in [-0.2, -0.15) is 0 Å². The third kappa shape index (κ3) is 3.08. The molecule has 0 unspecified atom stereocenters. The van der Waals surface area contributed by atoms with Crippen LogP contribution < -0.4 is 14.5 Å². The molecule has 1 aliphatic rings. The summed E-state index contributed by atoms with van der Waals surface area (Å²) in [6.07, 6.45) is 0. The van der Waals surface area contributed by atoms with Gasteiger partial charge in [0.25, 0.3) is 0 Å². The van der Waals surface area contributed by atoms with Gasteiger partial charge in [-0.05, 0) is 49.2 Å². The number of aromatic nitrogens is 2. The molecule has 4 aromatic rings. The van der Waals surface area contributed by atoms with Gasteiger partial charge in [0.2, 0.25) is 0 Å². The van der Waals surface area contributed by atoms with Crippen molar-refractivity contribution in [3.8, 4) is 5.75 Å². The zero-order valence-electron chi connectivity index (χ0n) is 16.2. The van der Waals surface area contributed by atoms with Gasteiger partial charge in [0.15, 0.2) is 10.3 Å². The van der Waals surface area contributed by atoms with Crippen LogP contribution in [0.2, 0.25) is 0 Å². The topological polar surface area (TPSA) is 41.5 Å². The predicted molar refractivity (Wildman–Crippen MR) is 120 cm³/mol. The normalized spacial score (nSPS) is 15.0. The first-order valence-corrected chi connectivity index (χ1v) is 11.1. The molecule has 2 aromatic carbocycles. The average Bonchev–Trinajstić information content (AvgIpc) is 3.31. The van der Waals surface area contributed by atoms with E-state index in [1.165, 1.54) is 20.5 Å². The summed E-state index contributed by atoms with van der Waals surface area (Å²) in [5.41, 5.74) is 4.77. The average molecular weight is 411 g/mol. The number of methoxy groups -OCH3 is 1. The van der Waals surface area contributed by atoms with E-state index in [0.717, 1.165) is 53.2 Å². The number of fused-ring (bicyclic) bond motifs is 2. The first-order valence-electron chi connectivity index (χ1n) is 9.43. The molecule has 0 N–H and O–H groups in total.